The van der Waals surface area contributed by atoms with Gasteiger partial charge in [0, 0.05) is 6.54 Å². The van der Waals surface area contributed by atoms with Gasteiger partial charge in [-0.15, -0.1) is 6.58 Å². The van der Waals surface area contributed by atoms with Crippen LogP contribution < -0.4 is 19.5 Å². The van der Waals surface area contributed by atoms with E-state index in [0.717, 1.165) is 36.6 Å². The highest BCUT2D eigenvalue weighted by Gasteiger charge is 2.19. The van der Waals surface area contributed by atoms with Gasteiger partial charge in [-0.2, -0.15) is 0 Å². The molecule has 2 rings (SSSR count). The first-order valence-electron chi connectivity index (χ1n) is 5.63. The van der Waals surface area contributed by atoms with E-state index < -0.39 is 0 Å². The fourth-order valence-electron chi connectivity index (χ4n) is 1.72. The molecule has 0 aliphatic carbocycles. The summed E-state index contributed by atoms with van der Waals surface area (Å²) < 4.78 is 16.0. The summed E-state index contributed by atoms with van der Waals surface area (Å²) in [5.41, 5.74) is 1.12. The van der Waals surface area contributed by atoms with Gasteiger partial charge in [0.05, 0.1) is 7.11 Å². The molecule has 0 saturated heterocycles. The maximum Gasteiger partial charge on any atom is 0.231 e. The summed E-state index contributed by atoms with van der Waals surface area (Å²) in [6.45, 7) is 5.64. The van der Waals surface area contributed by atoms with Crippen LogP contribution in [-0.2, 0) is 6.54 Å². The van der Waals surface area contributed by atoms with Crippen LogP contribution in [-0.4, -0.2) is 20.4 Å². The maximum atomic E-state index is 5.36. The molecule has 0 amide bonds. The Balaban J connectivity index is 2.05. The molecule has 0 fully saturated rings. The molecule has 1 heterocycles. The van der Waals surface area contributed by atoms with Crippen LogP contribution in [0.15, 0.2) is 24.8 Å². The minimum Gasteiger partial charge on any atom is -0.493 e. The molecule has 0 spiro atoms. The van der Waals surface area contributed by atoms with E-state index in [1.807, 2.05) is 18.2 Å². The zero-order valence-corrected chi connectivity index (χ0v) is 9.99. The topological polar surface area (TPSA) is 39.7 Å². The second-order valence-corrected chi connectivity index (χ2v) is 3.79. The molecular formula is C13H17NO3. The van der Waals surface area contributed by atoms with Gasteiger partial charge in [-0.1, -0.05) is 6.08 Å². The predicted octanol–water partition coefficient (Wildman–Crippen LogP) is 2.09. The highest BCUT2D eigenvalue weighted by Crippen LogP contribution is 2.41. The summed E-state index contributed by atoms with van der Waals surface area (Å²) >= 11 is 0. The molecule has 1 aromatic carbocycles. The molecule has 0 atom stereocenters. The number of fused-ring (bicyclic) bond motifs is 1. The number of methoxy groups -OCH3 is 1. The minimum atomic E-state index is 0.263. The first-order valence-corrected chi connectivity index (χ1v) is 5.63. The molecule has 92 valence electrons. The second-order valence-electron chi connectivity index (χ2n) is 3.79. The molecule has 0 aromatic heterocycles. The van der Waals surface area contributed by atoms with Gasteiger partial charge in [0.1, 0.15) is 0 Å². The Morgan fingerprint density at radius 2 is 2.35 bits per heavy atom. The lowest BCUT2D eigenvalue weighted by Crippen LogP contribution is -2.14. The van der Waals surface area contributed by atoms with E-state index in [4.69, 9.17) is 14.2 Å². The Hall–Kier alpha value is -1.68. The van der Waals surface area contributed by atoms with Crippen molar-refractivity contribution in [3.63, 3.8) is 0 Å². The Labute approximate surface area is 101 Å². The fraction of sp³-hybridized carbons (Fsp3) is 0.385. The minimum absolute atomic E-state index is 0.263. The lowest BCUT2D eigenvalue weighted by Gasteiger charge is -2.08. The van der Waals surface area contributed by atoms with Crippen molar-refractivity contribution in [2.24, 2.45) is 0 Å². The highest BCUT2D eigenvalue weighted by molar-refractivity contribution is 5.55. The Bertz CT molecular complexity index is 404. The largest absolute Gasteiger partial charge is 0.493 e. The van der Waals surface area contributed by atoms with Crippen molar-refractivity contribution in [1.82, 2.24) is 5.32 Å². The number of ether oxygens (including phenoxy) is 3. The maximum absolute atomic E-state index is 5.36. The number of nitrogens with one attached hydrogen (secondary N) is 1. The molecule has 0 radical (unpaired) electrons. The number of benzene rings is 1. The lowest BCUT2D eigenvalue weighted by atomic mass is 10.2. The van der Waals surface area contributed by atoms with Crippen LogP contribution in [0.2, 0.25) is 0 Å². The zero-order valence-electron chi connectivity index (χ0n) is 9.99. The van der Waals surface area contributed by atoms with E-state index in [-0.39, 0.29) is 6.79 Å². The van der Waals surface area contributed by atoms with Crippen molar-refractivity contribution in [3.05, 3.63) is 30.4 Å². The standard InChI is InChI=1S/C13H17NO3/c1-3-4-5-14-8-10-6-11(15-2)13-12(7-10)16-9-17-13/h3,6-7,14H,1,4-5,8-9H2,2H3. The van der Waals surface area contributed by atoms with E-state index >= 15 is 0 Å². The molecule has 4 heteroatoms. The number of hydrogen-bond acceptors (Lipinski definition) is 4. The molecule has 0 saturated carbocycles. The summed E-state index contributed by atoms with van der Waals surface area (Å²) in [7, 11) is 1.63. The van der Waals surface area contributed by atoms with E-state index in [1.54, 1.807) is 7.11 Å². The molecule has 1 aliphatic rings. The highest BCUT2D eigenvalue weighted by atomic mass is 16.7. The van der Waals surface area contributed by atoms with Crippen molar-refractivity contribution < 1.29 is 14.2 Å². The lowest BCUT2D eigenvalue weighted by molar-refractivity contribution is 0.171. The van der Waals surface area contributed by atoms with Crippen molar-refractivity contribution in [2.75, 3.05) is 20.4 Å². The molecule has 1 N–H and O–H groups in total. The predicted molar refractivity (Wildman–Crippen MR) is 65.6 cm³/mol. The monoisotopic (exact) mass is 235 g/mol. The summed E-state index contributed by atoms with van der Waals surface area (Å²) in [6, 6.07) is 3.94. The summed E-state index contributed by atoms with van der Waals surface area (Å²) in [6.07, 6.45) is 2.86. The third-order valence-corrected chi connectivity index (χ3v) is 2.57. The Kier molecular flexibility index (Phi) is 3.88. The van der Waals surface area contributed by atoms with Crippen LogP contribution in [0.4, 0.5) is 0 Å². The van der Waals surface area contributed by atoms with Gasteiger partial charge in [0.2, 0.25) is 12.5 Å². The van der Waals surface area contributed by atoms with Crippen molar-refractivity contribution in [2.45, 2.75) is 13.0 Å². The van der Waals surface area contributed by atoms with E-state index in [1.165, 1.54) is 0 Å². The van der Waals surface area contributed by atoms with E-state index in [9.17, 15) is 0 Å². The van der Waals surface area contributed by atoms with Gasteiger partial charge in [-0.25, -0.2) is 0 Å². The third kappa shape index (κ3) is 2.71. The van der Waals surface area contributed by atoms with Gasteiger partial charge in [0.25, 0.3) is 0 Å². The average Bonchev–Trinajstić information content (AvgIpc) is 2.81. The van der Waals surface area contributed by atoms with Gasteiger partial charge in [0.15, 0.2) is 11.5 Å². The first-order chi connectivity index (χ1) is 8.35. The Morgan fingerprint density at radius 1 is 1.47 bits per heavy atom. The SMILES string of the molecule is C=CCCNCc1cc(OC)c2c(c1)OCO2. The normalized spacial score (nSPS) is 12.5. The molecule has 1 aliphatic heterocycles. The average molecular weight is 235 g/mol. The molecular weight excluding hydrogens is 218 g/mol. The third-order valence-electron chi connectivity index (χ3n) is 2.57. The molecule has 0 unspecified atom stereocenters. The summed E-state index contributed by atoms with van der Waals surface area (Å²) in [5.74, 6) is 2.17. The van der Waals surface area contributed by atoms with Crippen LogP contribution >= 0.6 is 0 Å². The van der Waals surface area contributed by atoms with Gasteiger partial charge >= 0.3 is 0 Å². The van der Waals surface area contributed by atoms with Gasteiger partial charge < -0.3 is 19.5 Å². The van der Waals surface area contributed by atoms with Gasteiger partial charge in [-0.05, 0) is 30.7 Å². The van der Waals surface area contributed by atoms with Crippen molar-refractivity contribution >= 4 is 0 Å². The molecule has 4 nitrogen and oxygen atoms in total. The quantitative estimate of drug-likeness (QED) is 0.605. The van der Waals surface area contributed by atoms with Crippen LogP contribution in [0, 0.1) is 0 Å². The number of rotatable bonds is 6. The zero-order chi connectivity index (χ0) is 12.1. The van der Waals surface area contributed by atoms with Crippen LogP contribution in [0.5, 0.6) is 17.2 Å². The Morgan fingerprint density at radius 3 is 3.12 bits per heavy atom. The van der Waals surface area contributed by atoms with Crippen LogP contribution in [0.1, 0.15) is 12.0 Å². The van der Waals surface area contributed by atoms with E-state index in [0.29, 0.717) is 5.75 Å². The fourth-order valence-corrected chi connectivity index (χ4v) is 1.72. The number of hydrogen-bond donors (Lipinski definition) is 1. The van der Waals surface area contributed by atoms with Crippen LogP contribution in [0.3, 0.4) is 0 Å². The van der Waals surface area contributed by atoms with Crippen molar-refractivity contribution in [1.29, 1.82) is 0 Å². The van der Waals surface area contributed by atoms with E-state index in [2.05, 4.69) is 11.9 Å². The van der Waals surface area contributed by atoms with Crippen molar-refractivity contribution in [3.8, 4) is 17.2 Å². The van der Waals surface area contributed by atoms with Crippen LogP contribution in [0.25, 0.3) is 0 Å². The molecule has 1 aromatic rings. The molecule has 17 heavy (non-hydrogen) atoms. The van der Waals surface area contributed by atoms with Gasteiger partial charge in [-0.3, -0.25) is 0 Å². The summed E-state index contributed by atoms with van der Waals surface area (Å²) in [4.78, 5) is 0. The second kappa shape index (κ2) is 5.59. The first kappa shape index (κ1) is 11.8. The molecule has 0 bridgehead atoms. The smallest absolute Gasteiger partial charge is 0.231 e. The summed E-state index contributed by atoms with van der Waals surface area (Å²) in [5, 5.41) is 3.32.